The summed E-state index contributed by atoms with van der Waals surface area (Å²) in [5.74, 6) is 3.59. The van der Waals surface area contributed by atoms with Gasteiger partial charge in [-0.05, 0) is 29.6 Å². The third kappa shape index (κ3) is 3.17. The minimum atomic E-state index is 0.241. The predicted octanol–water partition coefficient (Wildman–Crippen LogP) is 3.05. The highest BCUT2D eigenvalue weighted by molar-refractivity contribution is 14.1. The van der Waals surface area contributed by atoms with Crippen LogP contribution in [0.5, 0.6) is 0 Å². The van der Waals surface area contributed by atoms with Gasteiger partial charge in [-0.1, -0.05) is 30.3 Å². The van der Waals surface area contributed by atoms with Gasteiger partial charge in [-0.15, -0.1) is 0 Å². The number of hydrogen-bond acceptors (Lipinski definition) is 5. The molecule has 1 aromatic carbocycles. The molecule has 6 heteroatoms. The zero-order valence-corrected chi connectivity index (χ0v) is 14.8. The van der Waals surface area contributed by atoms with E-state index < -0.39 is 0 Å². The van der Waals surface area contributed by atoms with Crippen LogP contribution < -0.4 is 5.73 Å². The molecule has 2 heterocycles. The fourth-order valence-corrected chi connectivity index (χ4v) is 4.14. The van der Waals surface area contributed by atoms with Crippen molar-refractivity contribution in [2.24, 2.45) is 0 Å². The summed E-state index contributed by atoms with van der Waals surface area (Å²) in [4.78, 5) is 11.7. The minimum Gasteiger partial charge on any atom is -0.383 e. The molecule has 0 radical (unpaired) electrons. The molecule has 0 aliphatic carbocycles. The van der Waals surface area contributed by atoms with E-state index in [1.54, 1.807) is 0 Å². The number of aromatic nitrogens is 2. The van der Waals surface area contributed by atoms with E-state index in [9.17, 15) is 0 Å². The zero-order chi connectivity index (χ0) is 14.8. The van der Waals surface area contributed by atoms with Crippen molar-refractivity contribution >= 4 is 40.2 Å². The van der Waals surface area contributed by atoms with Crippen LogP contribution in [0.1, 0.15) is 11.9 Å². The highest BCUT2D eigenvalue weighted by Crippen LogP contribution is 2.31. The van der Waals surface area contributed by atoms with Gasteiger partial charge in [0.25, 0.3) is 0 Å². The van der Waals surface area contributed by atoms with Gasteiger partial charge < -0.3 is 5.73 Å². The molecule has 0 amide bonds. The molecule has 1 aliphatic rings. The Labute approximate surface area is 142 Å². The van der Waals surface area contributed by atoms with Crippen molar-refractivity contribution in [2.75, 3.05) is 30.8 Å². The van der Waals surface area contributed by atoms with Gasteiger partial charge in [0.2, 0.25) is 0 Å². The topological polar surface area (TPSA) is 55.0 Å². The van der Waals surface area contributed by atoms with Crippen LogP contribution in [0.3, 0.4) is 0 Å². The molecule has 2 N–H and O–H groups in total. The first-order valence-corrected chi connectivity index (χ1v) is 9.06. The lowest BCUT2D eigenvalue weighted by Gasteiger charge is -2.31. The molecular weight excluding hydrogens is 395 g/mol. The maximum absolute atomic E-state index is 6.13. The van der Waals surface area contributed by atoms with Crippen LogP contribution in [-0.4, -0.2) is 40.0 Å². The molecule has 0 spiro atoms. The van der Waals surface area contributed by atoms with Gasteiger partial charge in [-0.3, -0.25) is 4.90 Å². The van der Waals surface area contributed by atoms with Crippen molar-refractivity contribution in [1.82, 2.24) is 14.9 Å². The molecule has 1 aromatic heterocycles. The second-order valence-corrected chi connectivity index (χ2v) is 7.30. The zero-order valence-electron chi connectivity index (χ0n) is 11.8. The third-order valence-electron chi connectivity index (χ3n) is 3.64. The van der Waals surface area contributed by atoms with Crippen LogP contribution in [0.2, 0.25) is 0 Å². The molecule has 0 bridgehead atoms. The molecule has 4 nitrogen and oxygen atoms in total. The van der Waals surface area contributed by atoms with E-state index >= 15 is 0 Å². The fourth-order valence-electron chi connectivity index (χ4n) is 2.38. The molecule has 110 valence electrons. The van der Waals surface area contributed by atoms with E-state index in [1.807, 2.05) is 30.0 Å². The van der Waals surface area contributed by atoms with Crippen molar-refractivity contribution in [2.45, 2.75) is 6.04 Å². The number of anilines is 1. The van der Waals surface area contributed by atoms with Gasteiger partial charge in [-0.25, -0.2) is 9.97 Å². The predicted molar refractivity (Wildman–Crippen MR) is 97.3 cm³/mol. The van der Waals surface area contributed by atoms with E-state index in [4.69, 9.17) is 10.7 Å². The highest BCUT2D eigenvalue weighted by atomic mass is 127. The third-order valence-corrected chi connectivity index (χ3v) is 5.72. The Kier molecular flexibility index (Phi) is 4.66. The molecule has 0 saturated carbocycles. The maximum atomic E-state index is 6.13. The Morgan fingerprint density at radius 3 is 2.76 bits per heavy atom. The highest BCUT2D eigenvalue weighted by Gasteiger charge is 2.25. The van der Waals surface area contributed by atoms with Crippen LogP contribution in [0.15, 0.2) is 30.3 Å². The Morgan fingerprint density at radius 2 is 2.05 bits per heavy atom. The van der Waals surface area contributed by atoms with Gasteiger partial charge in [0.1, 0.15) is 11.6 Å². The van der Waals surface area contributed by atoms with Crippen molar-refractivity contribution < 1.29 is 0 Å². The minimum absolute atomic E-state index is 0.241. The largest absolute Gasteiger partial charge is 0.383 e. The van der Waals surface area contributed by atoms with Gasteiger partial charge in [0.15, 0.2) is 0 Å². The number of rotatable bonds is 2. The van der Waals surface area contributed by atoms with E-state index in [1.165, 1.54) is 5.75 Å². The molecule has 1 fully saturated rings. The quantitative estimate of drug-likeness (QED) is 0.769. The van der Waals surface area contributed by atoms with Gasteiger partial charge in [0, 0.05) is 23.6 Å². The van der Waals surface area contributed by atoms with Crippen LogP contribution in [0.4, 0.5) is 5.82 Å². The van der Waals surface area contributed by atoms with Gasteiger partial charge in [0.05, 0.1) is 15.3 Å². The second-order valence-electron chi connectivity index (χ2n) is 5.07. The fraction of sp³-hybridized carbons (Fsp3) is 0.333. The number of nitrogens with zero attached hydrogens (tertiary/aromatic N) is 3. The van der Waals surface area contributed by atoms with Crippen molar-refractivity contribution in [3.63, 3.8) is 0 Å². The number of nitrogen functional groups attached to an aromatic ring is 1. The number of benzene rings is 1. The number of halogens is 1. The first kappa shape index (κ1) is 15.1. The van der Waals surface area contributed by atoms with E-state index in [0.717, 1.165) is 32.9 Å². The molecule has 2 aromatic rings. The first-order chi connectivity index (χ1) is 10.2. The van der Waals surface area contributed by atoms with Crippen LogP contribution >= 0.6 is 34.4 Å². The molecular formula is C15H17IN4S. The standard InChI is InChI=1S/C15H17IN4S/c1-20-7-8-21-9-11(20)15-18-13(12(16)14(17)19-15)10-5-3-2-4-6-10/h2-6,11H,7-9H2,1H3,(H2,17,18,19). The normalized spacial score (nSPS) is 19.6. The number of hydrogen-bond donors (Lipinski definition) is 1. The average Bonchev–Trinajstić information content (AvgIpc) is 2.51. The summed E-state index contributed by atoms with van der Waals surface area (Å²) in [6.45, 7) is 1.06. The molecule has 21 heavy (non-hydrogen) atoms. The Bertz CT molecular complexity index is 635. The summed E-state index contributed by atoms with van der Waals surface area (Å²) >= 11 is 4.18. The monoisotopic (exact) mass is 412 g/mol. The molecule has 1 aliphatic heterocycles. The summed E-state index contributed by atoms with van der Waals surface area (Å²) < 4.78 is 0.925. The first-order valence-electron chi connectivity index (χ1n) is 6.83. The Balaban J connectivity index is 2.05. The molecule has 1 saturated heterocycles. The average molecular weight is 412 g/mol. The molecule has 3 rings (SSSR count). The summed E-state index contributed by atoms with van der Waals surface area (Å²) in [6.07, 6.45) is 0. The van der Waals surface area contributed by atoms with E-state index in [-0.39, 0.29) is 6.04 Å². The SMILES string of the molecule is CN1CCSCC1c1nc(N)c(I)c(-c2ccccc2)n1. The van der Waals surface area contributed by atoms with Gasteiger partial charge in [-0.2, -0.15) is 11.8 Å². The van der Waals surface area contributed by atoms with E-state index in [2.05, 4.69) is 51.7 Å². The summed E-state index contributed by atoms with van der Waals surface area (Å²) in [5.41, 5.74) is 8.15. The number of nitrogens with two attached hydrogens (primary N) is 1. The van der Waals surface area contributed by atoms with Crippen molar-refractivity contribution in [3.05, 3.63) is 39.7 Å². The van der Waals surface area contributed by atoms with Crippen LogP contribution in [0.25, 0.3) is 11.3 Å². The lowest BCUT2D eigenvalue weighted by molar-refractivity contribution is 0.265. The maximum Gasteiger partial charge on any atom is 0.149 e. The number of thioether (sulfide) groups is 1. The smallest absolute Gasteiger partial charge is 0.149 e. The van der Waals surface area contributed by atoms with Crippen LogP contribution in [-0.2, 0) is 0 Å². The van der Waals surface area contributed by atoms with E-state index in [0.29, 0.717) is 5.82 Å². The van der Waals surface area contributed by atoms with Crippen LogP contribution in [0, 0.1) is 3.57 Å². The molecule has 1 atom stereocenters. The lowest BCUT2D eigenvalue weighted by atomic mass is 10.1. The van der Waals surface area contributed by atoms with Crippen molar-refractivity contribution in [1.29, 1.82) is 0 Å². The summed E-state index contributed by atoms with van der Waals surface area (Å²) in [6, 6.07) is 10.4. The Morgan fingerprint density at radius 1 is 1.29 bits per heavy atom. The van der Waals surface area contributed by atoms with Crippen molar-refractivity contribution in [3.8, 4) is 11.3 Å². The second kappa shape index (κ2) is 6.50. The van der Waals surface area contributed by atoms with Gasteiger partial charge >= 0.3 is 0 Å². The lowest BCUT2D eigenvalue weighted by Crippen LogP contribution is -2.34. The Hall–Kier alpha value is -0.860. The summed E-state index contributed by atoms with van der Waals surface area (Å²) in [5, 5.41) is 0. The molecule has 1 unspecified atom stereocenters. The summed E-state index contributed by atoms with van der Waals surface area (Å²) in [7, 11) is 2.13.